The van der Waals surface area contributed by atoms with Gasteiger partial charge in [0.25, 0.3) is 0 Å². The first-order chi connectivity index (χ1) is 4.77. The van der Waals surface area contributed by atoms with Gasteiger partial charge in [0.2, 0.25) is 0 Å². The van der Waals surface area contributed by atoms with Crippen LogP contribution in [0.1, 0.15) is 26.2 Å². The molecule has 0 aliphatic heterocycles. The molecule has 0 aliphatic carbocycles. The van der Waals surface area contributed by atoms with Crippen molar-refractivity contribution in [1.29, 1.82) is 0 Å². The zero-order valence-corrected chi connectivity index (χ0v) is 6.26. The van der Waals surface area contributed by atoms with Gasteiger partial charge in [0.05, 0.1) is 0 Å². The number of hydrogen-bond donors (Lipinski definition) is 0. The molecule has 0 saturated heterocycles. The van der Waals surface area contributed by atoms with Crippen LogP contribution in [0.2, 0.25) is 0 Å². The average molecular weight is 136 g/mol. The fraction of sp³-hybridized carbons (Fsp3) is 0.444. The summed E-state index contributed by atoms with van der Waals surface area (Å²) in [4.78, 5) is 10.4. The first kappa shape index (κ1) is 8.97. The molecule has 10 heavy (non-hydrogen) atoms. The van der Waals surface area contributed by atoms with Gasteiger partial charge in [-0.3, -0.25) is 0 Å². The minimum atomic E-state index is 0.227. The van der Waals surface area contributed by atoms with Crippen molar-refractivity contribution >= 4 is 5.78 Å². The van der Waals surface area contributed by atoms with Gasteiger partial charge >= 0.3 is 0 Å². The lowest BCUT2D eigenvalue weighted by Gasteiger charge is -1.85. The average Bonchev–Trinajstić information content (AvgIpc) is 1.87. The number of allylic oxidation sites excluding steroid dienone is 2. The van der Waals surface area contributed by atoms with Crippen LogP contribution >= 0.6 is 0 Å². The van der Waals surface area contributed by atoms with E-state index in [0.717, 1.165) is 6.42 Å². The lowest BCUT2D eigenvalue weighted by Crippen LogP contribution is -1.85. The van der Waals surface area contributed by atoms with Gasteiger partial charge in [0, 0.05) is 12.8 Å². The largest absolute Gasteiger partial charge is 0.300 e. The molecule has 0 fully saturated rings. The molecule has 0 heterocycles. The molecule has 0 aromatic rings. The van der Waals surface area contributed by atoms with Crippen LogP contribution < -0.4 is 0 Å². The Kier molecular flexibility index (Phi) is 5.47. The molecule has 0 saturated carbocycles. The highest BCUT2D eigenvalue weighted by Gasteiger charge is 1.86. The van der Waals surface area contributed by atoms with Crippen LogP contribution in [0.5, 0.6) is 0 Å². The summed E-state index contributed by atoms with van der Waals surface area (Å²) < 4.78 is 0. The molecule has 1 nitrogen and oxygen atoms in total. The van der Waals surface area contributed by atoms with Gasteiger partial charge in [0.1, 0.15) is 5.78 Å². The third-order valence-electron chi connectivity index (χ3n) is 1.07. The molecule has 0 atom stereocenters. The summed E-state index contributed by atoms with van der Waals surface area (Å²) in [7, 11) is 0. The molecule has 0 aliphatic rings. The van der Waals surface area contributed by atoms with E-state index in [1.54, 1.807) is 6.92 Å². The first-order valence-electron chi connectivity index (χ1n) is 3.35. The molecule has 54 valence electrons. The summed E-state index contributed by atoms with van der Waals surface area (Å²) in [6, 6.07) is 0. The highest BCUT2D eigenvalue weighted by Crippen LogP contribution is 1.92. The summed E-state index contributed by atoms with van der Waals surface area (Å²) in [6.07, 6.45) is 11.0. The van der Waals surface area contributed by atoms with E-state index in [2.05, 4.69) is 5.92 Å². The van der Waals surface area contributed by atoms with Crippen molar-refractivity contribution < 1.29 is 4.79 Å². The zero-order valence-electron chi connectivity index (χ0n) is 6.26. The van der Waals surface area contributed by atoms with Crippen molar-refractivity contribution in [2.45, 2.75) is 26.2 Å². The van der Waals surface area contributed by atoms with Crippen LogP contribution in [0, 0.1) is 12.3 Å². The van der Waals surface area contributed by atoms with Crippen molar-refractivity contribution in [2.24, 2.45) is 0 Å². The molecule has 0 amide bonds. The smallest absolute Gasteiger partial charge is 0.130 e. The summed E-state index contributed by atoms with van der Waals surface area (Å²) >= 11 is 0. The number of terminal acetylenes is 1. The summed E-state index contributed by atoms with van der Waals surface area (Å²) in [5.74, 6) is 2.71. The molecule has 0 aromatic carbocycles. The van der Waals surface area contributed by atoms with Crippen LogP contribution in [0.15, 0.2) is 12.2 Å². The molecular formula is C9H12O. The summed E-state index contributed by atoms with van der Waals surface area (Å²) in [6.45, 7) is 1.59. The van der Waals surface area contributed by atoms with Gasteiger partial charge in [-0.2, -0.15) is 0 Å². The Morgan fingerprint density at radius 3 is 2.80 bits per heavy atom. The van der Waals surface area contributed by atoms with Crippen LogP contribution in [-0.2, 0) is 4.79 Å². The van der Waals surface area contributed by atoms with Crippen LogP contribution in [0.4, 0.5) is 0 Å². The normalized spacial score (nSPS) is 9.60. The minimum absolute atomic E-state index is 0.227. The lowest BCUT2D eigenvalue weighted by molar-refractivity contribution is -0.116. The van der Waals surface area contributed by atoms with Gasteiger partial charge in [-0.1, -0.05) is 12.2 Å². The second-order valence-corrected chi connectivity index (χ2v) is 2.12. The lowest BCUT2D eigenvalue weighted by atomic mass is 10.2. The van der Waals surface area contributed by atoms with Crippen molar-refractivity contribution in [3.8, 4) is 12.3 Å². The molecule has 0 bridgehead atoms. The molecule has 0 radical (unpaired) electrons. The Bertz CT molecular complexity index is 160. The maximum atomic E-state index is 10.4. The second-order valence-electron chi connectivity index (χ2n) is 2.12. The Labute approximate surface area is 62.1 Å². The molecule has 1 heteroatoms. The number of rotatable bonds is 4. The van der Waals surface area contributed by atoms with Crippen molar-refractivity contribution in [1.82, 2.24) is 0 Å². The summed E-state index contributed by atoms with van der Waals surface area (Å²) in [5, 5.41) is 0. The highest BCUT2D eigenvalue weighted by molar-refractivity contribution is 5.75. The zero-order chi connectivity index (χ0) is 7.82. The van der Waals surface area contributed by atoms with Crippen LogP contribution in [0.3, 0.4) is 0 Å². The SMILES string of the molecule is C#CCC=CCCC(C)=O. The first-order valence-corrected chi connectivity index (χ1v) is 3.35. The van der Waals surface area contributed by atoms with E-state index < -0.39 is 0 Å². The Morgan fingerprint density at radius 2 is 2.30 bits per heavy atom. The molecule has 0 unspecified atom stereocenters. The summed E-state index contributed by atoms with van der Waals surface area (Å²) in [5.41, 5.74) is 0. The third-order valence-corrected chi connectivity index (χ3v) is 1.07. The van der Waals surface area contributed by atoms with Crippen molar-refractivity contribution in [2.75, 3.05) is 0 Å². The monoisotopic (exact) mass is 136 g/mol. The minimum Gasteiger partial charge on any atom is -0.300 e. The number of ketones is 1. The van der Waals surface area contributed by atoms with E-state index in [9.17, 15) is 4.79 Å². The molecular weight excluding hydrogens is 124 g/mol. The van der Waals surface area contributed by atoms with E-state index in [1.807, 2.05) is 12.2 Å². The van der Waals surface area contributed by atoms with E-state index in [1.165, 1.54) is 0 Å². The fourth-order valence-electron chi connectivity index (χ4n) is 0.556. The van der Waals surface area contributed by atoms with Crippen LogP contribution in [0.25, 0.3) is 0 Å². The van der Waals surface area contributed by atoms with Gasteiger partial charge in [0.15, 0.2) is 0 Å². The molecule has 0 N–H and O–H groups in total. The predicted molar refractivity (Wildman–Crippen MR) is 42.5 cm³/mol. The van der Waals surface area contributed by atoms with Gasteiger partial charge < -0.3 is 4.79 Å². The number of hydrogen-bond acceptors (Lipinski definition) is 1. The Hall–Kier alpha value is -1.03. The third kappa shape index (κ3) is 6.97. The number of Topliss-reactive ketones (excluding diaryl/α,β-unsaturated/α-hetero) is 1. The van der Waals surface area contributed by atoms with Crippen LogP contribution in [-0.4, -0.2) is 5.78 Å². The Morgan fingerprint density at radius 1 is 1.60 bits per heavy atom. The second kappa shape index (κ2) is 6.10. The number of carbonyl (C=O) groups excluding carboxylic acids is 1. The molecule has 0 aromatic heterocycles. The molecule has 0 spiro atoms. The fourth-order valence-corrected chi connectivity index (χ4v) is 0.556. The maximum absolute atomic E-state index is 10.4. The van der Waals surface area contributed by atoms with Gasteiger partial charge in [-0.05, 0) is 13.3 Å². The van der Waals surface area contributed by atoms with E-state index in [4.69, 9.17) is 6.42 Å². The van der Waals surface area contributed by atoms with Gasteiger partial charge in [-0.15, -0.1) is 12.3 Å². The van der Waals surface area contributed by atoms with Crippen molar-refractivity contribution in [3.05, 3.63) is 12.2 Å². The predicted octanol–water partition coefficient (Wildman–Crippen LogP) is 1.94. The van der Waals surface area contributed by atoms with Crippen molar-refractivity contribution in [3.63, 3.8) is 0 Å². The van der Waals surface area contributed by atoms with E-state index >= 15 is 0 Å². The Balaban J connectivity index is 3.20. The standard InChI is InChI=1S/C9H12O/c1-3-4-5-6-7-8-9(2)10/h1,5-6H,4,7-8H2,2H3. The quantitative estimate of drug-likeness (QED) is 0.426. The van der Waals surface area contributed by atoms with E-state index in [0.29, 0.717) is 12.8 Å². The van der Waals surface area contributed by atoms with Gasteiger partial charge in [-0.25, -0.2) is 0 Å². The van der Waals surface area contributed by atoms with E-state index in [-0.39, 0.29) is 5.78 Å². The topological polar surface area (TPSA) is 17.1 Å². The maximum Gasteiger partial charge on any atom is 0.130 e. The molecule has 0 rings (SSSR count). The number of carbonyl (C=O) groups is 1. The highest BCUT2D eigenvalue weighted by atomic mass is 16.1.